The van der Waals surface area contributed by atoms with Gasteiger partial charge in [-0.05, 0) is 53.5 Å². The molecule has 0 aliphatic heterocycles. The quantitative estimate of drug-likeness (QED) is 0.0678. The van der Waals surface area contributed by atoms with E-state index >= 15 is 0 Å². The molecule has 0 spiro atoms. The summed E-state index contributed by atoms with van der Waals surface area (Å²) in [6, 6.07) is 15.6. The molecule has 3 aromatic heterocycles. The third-order valence-electron chi connectivity index (χ3n) is 8.88. The lowest BCUT2D eigenvalue weighted by Gasteiger charge is -2.29. The summed E-state index contributed by atoms with van der Waals surface area (Å²) in [5, 5.41) is 40.9. The molecule has 0 saturated carbocycles. The first kappa shape index (κ1) is 42.1. The highest BCUT2D eigenvalue weighted by Crippen LogP contribution is 2.34. The van der Waals surface area contributed by atoms with Crippen molar-refractivity contribution in [1.82, 2.24) is 35.1 Å². The number of carbonyl (C=O) groups is 1. The largest absolute Gasteiger partial charge is 0.366 e. The van der Waals surface area contributed by atoms with Crippen molar-refractivity contribution in [2.24, 2.45) is 16.6 Å². The number of nitriles is 2. The van der Waals surface area contributed by atoms with Crippen LogP contribution in [0, 0.1) is 40.4 Å². The Balaban J connectivity index is 1.52. The number of amides is 1. The number of aromatic amines is 1. The van der Waals surface area contributed by atoms with E-state index in [4.69, 9.17) is 15.7 Å². The fraction of sp³-hybridized carbons (Fsp3) is 0.390. The van der Waals surface area contributed by atoms with Crippen LogP contribution < -0.4 is 36.8 Å². The number of hydrogen-bond acceptors (Lipinski definition) is 15. The summed E-state index contributed by atoms with van der Waals surface area (Å²) in [5.41, 5.74) is 10.1. The van der Waals surface area contributed by atoms with Crippen LogP contribution in [-0.4, -0.2) is 81.8 Å². The first-order chi connectivity index (χ1) is 27.4. The van der Waals surface area contributed by atoms with Gasteiger partial charge in [-0.2, -0.15) is 35.6 Å². The monoisotopic (exact) mass is 784 g/mol. The van der Waals surface area contributed by atoms with Crippen LogP contribution >= 0.6 is 0 Å². The number of anilines is 8. The molecule has 0 aliphatic carbocycles. The maximum absolute atomic E-state index is 12.0. The molecule has 3 heterocycles. The van der Waals surface area contributed by atoms with E-state index in [1.54, 1.807) is 25.2 Å². The van der Waals surface area contributed by atoms with Crippen LogP contribution in [0.2, 0.25) is 0 Å². The molecule has 0 atom stereocenters. The molecule has 0 radical (unpaired) electrons. The molecule has 5 rings (SSSR count). The molecule has 58 heavy (non-hydrogen) atoms. The minimum atomic E-state index is -0.568. The standard InChI is InChI=1S/C41H52N16O/c1-24-11-12-26(32(44)58)17-30(24)49-34-28(19-42)37(57(10)22-41(5,6)7)54-39(52-34)46-16-15-25-13-14-27(33-47-23-48-55-33)18-31(25)50-35-29(20-43)36(53-38(45-8)51-35)56(9)21-40(2,3)4/h11-14,17-18,23H,15-16,21-22H2,1-10H3,(H2,44,58)(H,47,48,55)(H2,45,50,51,53)(H2,46,49,52,54). The molecule has 17 heteroatoms. The molecular formula is C41H52N16O. The number of nitrogens with one attached hydrogen (secondary N) is 5. The van der Waals surface area contributed by atoms with Gasteiger partial charge in [0.15, 0.2) is 29.1 Å². The Bertz CT molecular complexity index is 2350. The van der Waals surface area contributed by atoms with E-state index in [9.17, 15) is 15.3 Å². The number of primary amides is 1. The Hall–Kier alpha value is -7.01. The van der Waals surface area contributed by atoms with Crippen LogP contribution in [0.3, 0.4) is 0 Å². The number of rotatable bonds is 15. The van der Waals surface area contributed by atoms with Crippen molar-refractivity contribution in [2.45, 2.75) is 54.9 Å². The maximum Gasteiger partial charge on any atom is 0.248 e. The normalized spacial score (nSPS) is 11.3. The number of carbonyl (C=O) groups excluding carboxylic acids is 1. The van der Waals surface area contributed by atoms with E-state index in [2.05, 4.69) is 100 Å². The van der Waals surface area contributed by atoms with Crippen LogP contribution in [0.25, 0.3) is 11.4 Å². The van der Waals surface area contributed by atoms with Crippen LogP contribution in [0.15, 0.2) is 42.7 Å². The first-order valence-corrected chi connectivity index (χ1v) is 18.8. The number of hydrogen-bond donors (Lipinski definition) is 6. The van der Waals surface area contributed by atoms with Crippen molar-refractivity contribution >= 4 is 52.5 Å². The second kappa shape index (κ2) is 17.4. The molecule has 0 fully saturated rings. The zero-order chi connectivity index (χ0) is 42.4. The average molecular weight is 785 g/mol. The predicted octanol–water partition coefficient (Wildman–Crippen LogP) is 6.35. The van der Waals surface area contributed by atoms with Gasteiger partial charge in [-0.1, -0.05) is 59.7 Å². The van der Waals surface area contributed by atoms with E-state index in [0.29, 0.717) is 83.7 Å². The topological polar surface area (TPSA) is 238 Å². The fourth-order valence-corrected chi connectivity index (χ4v) is 6.48. The van der Waals surface area contributed by atoms with E-state index in [1.807, 2.05) is 49.0 Å². The summed E-state index contributed by atoms with van der Waals surface area (Å²) in [7, 11) is 5.54. The number of nitrogens with zero attached hydrogens (tertiary/aromatic N) is 10. The molecule has 1 amide bonds. The number of aromatic nitrogens is 7. The number of aryl methyl sites for hydroxylation is 1. The fourth-order valence-electron chi connectivity index (χ4n) is 6.48. The molecule has 2 aromatic carbocycles. The molecule has 5 aromatic rings. The summed E-state index contributed by atoms with van der Waals surface area (Å²) < 4.78 is 0. The van der Waals surface area contributed by atoms with E-state index in [1.165, 1.54) is 6.33 Å². The molecule has 0 bridgehead atoms. The Kier molecular flexibility index (Phi) is 12.7. The highest BCUT2D eigenvalue weighted by molar-refractivity contribution is 5.94. The van der Waals surface area contributed by atoms with Crippen molar-refractivity contribution in [3.8, 4) is 23.5 Å². The maximum atomic E-state index is 12.0. The Labute approximate surface area is 339 Å². The SMILES string of the molecule is CNc1nc(Nc2cc(-c3ncn[nH]3)ccc2CCNc2nc(Nc3cc(C(N)=O)ccc3C)c(C#N)c(N(C)CC(C)(C)C)n2)c(C#N)c(N(C)CC(C)(C)C)n1. The Morgan fingerprint density at radius 2 is 1.41 bits per heavy atom. The number of nitrogens with two attached hydrogens (primary N) is 1. The van der Waals surface area contributed by atoms with Gasteiger partial charge in [0.1, 0.15) is 29.6 Å². The van der Waals surface area contributed by atoms with Gasteiger partial charge in [-0.15, -0.1) is 0 Å². The Morgan fingerprint density at radius 3 is 1.95 bits per heavy atom. The smallest absolute Gasteiger partial charge is 0.248 e. The lowest BCUT2D eigenvalue weighted by atomic mass is 9.96. The van der Waals surface area contributed by atoms with Crippen LogP contribution in [0.4, 0.5) is 46.5 Å². The van der Waals surface area contributed by atoms with Gasteiger partial charge in [0, 0.05) is 63.3 Å². The second-order valence-electron chi connectivity index (χ2n) is 16.5. The minimum Gasteiger partial charge on any atom is -0.366 e. The highest BCUT2D eigenvalue weighted by atomic mass is 16.1. The summed E-state index contributed by atoms with van der Waals surface area (Å²) >= 11 is 0. The summed E-state index contributed by atoms with van der Waals surface area (Å²) in [6.07, 6.45) is 1.93. The van der Waals surface area contributed by atoms with Gasteiger partial charge in [0.05, 0.1) is 0 Å². The zero-order valence-corrected chi connectivity index (χ0v) is 34.8. The van der Waals surface area contributed by atoms with Gasteiger partial charge >= 0.3 is 0 Å². The number of H-pyrrole nitrogens is 1. The predicted molar refractivity (Wildman–Crippen MR) is 229 cm³/mol. The zero-order valence-electron chi connectivity index (χ0n) is 34.8. The molecule has 0 unspecified atom stereocenters. The molecule has 17 nitrogen and oxygen atoms in total. The molecule has 302 valence electrons. The molecule has 0 aliphatic rings. The molecule has 7 N–H and O–H groups in total. The van der Waals surface area contributed by atoms with Crippen LogP contribution in [-0.2, 0) is 6.42 Å². The second-order valence-corrected chi connectivity index (χ2v) is 16.5. The van der Waals surface area contributed by atoms with Gasteiger partial charge < -0.3 is 36.8 Å². The van der Waals surface area contributed by atoms with E-state index in [0.717, 1.165) is 16.7 Å². The first-order valence-electron chi connectivity index (χ1n) is 18.8. The third kappa shape index (κ3) is 10.4. The summed E-state index contributed by atoms with van der Waals surface area (Å²) in [6.45, 7) is 16.2. The lowest BCUT2D eigenvalue weighted by molar-refractivity contribution is 0.1000. The minimum absolute atomic E-state index is 0.0570. The van der Waals surface area contributed by atoms with Crippen LogP contribution in [0.5, 0.6) is 0 Å². The van der Waals surface area contributed by atoms with Crippen molar-refractivity contribution < 1.29 is 4.79 Å². The van der Waals surface area contributed by atoms with Crippen molar-refractivity contribution in [3.63, 3.8) is 0 Å². The average Bonchev–Trinajstić information content (AvgIpc) is 3.69. The summed E-state index contributed by atoms with van der Waals surface area (Å²) in [4.78, 5) is 39.2. The van der Waals surface area contributed by atoms with Gasteiger partial charge in [0.25, 0.3) is 0 Å². The van der Waals surface area contributed by atoms with Crippen molar-refractivity contribution in [2.75, 3.05) is 71.8 Å². The van der Waals surface area contributed by atoms with E-state index < -0.39 is 5.91 Å². The van der Waals surface area contributed by atoms with Gasteiger partial charge in [-0.3, -0.25) is 9.89 Å². The van der Waals surface area contributed by atoms with Crippen molar-refractivity contribution in [3.05, 3.63) is 70.5 Å². The van der Waals surface area contributed by atoms with Crippen LogP contribution in [0.1, 0.15) is 74.2 Å². The molecule has 0 saturated heterocycles. The van der Waals surface area contributed by atoms with E-state index in [-0.39, 0.29) is 22.2 Å². The summed E-state index contributed by atoms with van der Waals surface area (Å²) in [5.74, 6) is 2.22. The van der Waals surface area contributed by atoms with Gasteiger partial charge in [-0.25, -0.2) is 4.98 Å². The van der Waals surface area contributed by atoms with Gasteiger partial charge in [0.2, 0.25) is 17.8 Å². The molecular weight excluding hydrogens is 733 g/mol. The van der Waals surface area contributed by atoms with Crippen molar-refractivity contribution in [1.29, 1.82) is 10.5 Å². The highest BCUT2D eigenvalue weighted by Gasteiger charge is 2.24. The number of benzene rings is 2. The third-order valence-corrected chi connectivity index (χ3v) is 8.88. The lowest BCUT2D eigenvalue weighted by Crippen LogP contribution is -2.31. The Morgan fingerprint density at radius 1 is 0.828 bits per heavy atom.